The lowest BCUT2D eigenvalue weighted by Gasteiger charge is -2.31. The van der Waals surface area contributed by atoms with Gasteiger partial charge in [-0.25, -0.2) is 4.98 Å². The molecule has 3 rings (SSSR count). The topological polar surface area (TPSA) is 74.0 Å². The second-order valence-corrected chi connectivity index (χ2v) is 6.68. The fourth-order valence-electron chi connectivity index (χ4n) is 3.34. The molecule has 0 saturated carbocycles. The van der Waals surface area contributed by atoms with Gasteiger partial charge in [-0.2, -0.15) is 5.26 Å². The molecule has 1 amide bonds. The predicted molar refractivity (Wildman–Crippen MR) is 95.7 cm³/mol. The molecule has 0 radical (unpaired) electrons. The first kappa shape index (κ1) is 17.2. The van der Waals surface area contributed by atoms with Crippen LogP contribution in [0.2, 0.25) is 0 Å². The van der Waals surface area contributed by atoms with Gasteiger partial charge in [0, 0.05) is 32.0 Å². The van der Waals surface area contributed by atoms with Crippen molar-refractivity contribution in [2.45, 2.75) is 26.3 Å². The first-order valence-corrected chi connectivity index (χ1v) is 8.57. The highest BCUT2D eigenvalue weighted by Gasteiger charge is 2.26. The van der Waals surface area contributed by atoms with Gasteiger partial charge >= 0.3 is 0 Å². The number of nitrogens with one attached hydrogen (secondary N) is 1. The smallest absolute Gasteiger partial charge is 0.229 e. The van der Waals surface area contributed by atoms with E-state index in [2.05, 4.69) is 21.3 Å². The molecular formula is C19H23N5O. The van der Waals surface area contributed by atoms with Gasteiger partial charge in [-0.3, -0.25) is 9.69 Å². The number of nitriles is 1. The van der Waals surface area contributed by atoms with Crippen LogP contribution in [0.15, 0.2) is 30.5 Å². The summed E-state index contributed by atoms with van der Waals surface area (Å²) in [4.78, 5) is 19.2. The number of likely N-dealkylation sites (tertiary alicyclic amines) is 1. The highest BCUT2D eigenvalue weighted by molar-refractivity contribution is 5.91. The van der Waals surface area contributed by atoms with Crippen molar-refractivity contribution in [2.24, 2.45) is 13.0 Å². The van der Waals surface area contributed by atoms with E-state index in [1.165, 1.54) is 0 Å². The van der Waals surface area contributed by atoms with Crippen molar-refractivity contribution in [3.8, 4) is 6.07 Å². The van der Waals surface area contributed by atoms with E-state index in [1.54, 1.807) is 0 Å². The Labute approximate surface area is 148 Å². The molecule has 1 fully saturated rings. The number of pyridine rings is 1. The van der Waals surface area contributed by atoms with Crippen LogP contribution in [0.5, 0.6) is 0 Å². The summed E-state index contributed by atoms with van der Waals surface area (Å²) in [5.41, 5.74) is 2.66. The minimum atomic E-state index is -0.0322. The summed E-state index contributed by atoms with van der Waals surface area (Å²) in [6.07, 6.45) is 3.88. The lowest BCUT2D eigenvalue weighted by Crippen LogP contribution is -2.40. The zero-order valence-electron chi connectivity index (χ0n) is 14.7. The number of aromatic nitrogens is 2. The molecule has 6 heteroatoms. The summed E-state index contributed by atoms with van der Waals surface area (Å²) < 4.78 is 1.84. The highest BCUT2D eigenvalue weighted by atomic mass is 16.2. The molecule has 3 heterocycles. The molecule has 130 valence electrons. The zero-order chi connectivity index (χ0) is 17.8. The molecule has 0 aromatic carbocycles. The van der Waals surface area contributed by atoms with Crippen LogP contribution in [0.3, 0.4) is 0 Å². The molecule has 6 nitrogen and oxygen atoms in total. The average Bonchev–Trinajstić information content (AvgIpc) is 2.94. The van der Waals surface area contributed by atoms with Crippen LogP contribution in [0.25, 0.3) is 0 Å². The first-order chi connectivity index (χ1) is 12.0. The number of nitrogens with zero attached hydrogens (tertiary/aromatic N) is 4. The van der Waals surface area contributed by atoms with Crippen LogP contribution < -0.4 is 5.32 Å². The van der Waals surface area contributed by atoms with Crippen LogP contribution in [0.4, 0.5) is 5.82 Å². The van der Waals surface area contributed by atoms with Crippen molar-refractivity contribution in [1.82, 2.24) is 14.5 Å². The molecule has 1 unspecified atom stereocenters. The maximum atomic E-state index is 12.6. The Kier molecular flexibility index (Phi) is 5.15. The van der Waals surface area contributed by atoms with Crippen molar-refractivity contribution in [2.75, 3.05) is 18.4 Å². The van der Waals surface area contributed by atoms with E-state index in [0.29, 0.717) is 11.5 Å². The van der Waals surface area contributed by atoms with Gasteiger partial charge in [-0.05, 0) is 50.1 Å². The number of piperidine rings is 1. The lowest BCUT2D eigenvalue weighted by molar-refractivity contribution is -0.121. The molecule has 0 bridgehead atoms. The minimum Gasteiger partial charge on any atom is -0.342 e. The molecule has 0 aliphatic carbocycles. The maximum absolute atomic E-state index is 12.6. The first-order valence-electron chi connectivity index (χ1n) is 8.57. The van der Waals surface area contributed by atoms with Crippen molar-refractivity contribution in [3.05, 3.63) is 47.4 Å². The van der Waals surface area contributed by atoms with Gasteiger partial charge in [0.1, 0.15) is 17.6 Å². The van der Waals surface area contributed by atoms with Gasteiger partial charge in [0.2, 0.25) is 5.91 Å². The fraction of sp³-hybridized carbons (Fsp3) is 0.421. The quantitative estimate of drug-likeness (QED) is 0.930. The number of amides is 1. The molecule has 2 aromatic rings. The van der Waals surface area contributed by atoms with Crippen molar-refractivity contribution >= 4 is 11.7 Å². The van der Waals surface area contributed by atoms with E-state index in [0.717, 1.165) is 43.7 Å². The third-order valence-electron chi connectivity index (χ3n) is 4.60. The standard InChI is InChI=1S/C19H23N5O/c1-14-5-3-7-18(21-14)22-19(25)16-6-4-8-24(13-16)12-15-9-17(10-20)23(2)11-15/h3,5,7,9,11,16H,4,6,8,12-13H2,1-2H3,(H,21,22,25). The van der Waals surface area contributed by atoms with Gasteiger partial charge in [0.25, 0.3) is 0 Å². The summed E-state index contributed by atoms with van der Waals surface area (Å²) in [7, 11) is 1.88. The molecule has 1 N–H and O–H groups in total. The van der Waals surface area contributed by atoms with E-state index in [-0.39, 0.29) is 11.8 Å². The van der Waals surface area contributed by atoms with Crippen molar-refractivity contribution in [3.63, 3.8) is 0 Å². The summed E-state index contributed by atoms with van der Waals surface area (Å²) >= 11 is 0. The normalized spacial score (nSPS) is 17.9. The molecule has 1 atom stereocenters. The van der Waals surface area contributed by atoms with E-state index in [1.807, 2.05) is 49.0 Å². The maximum Gasteiger partial charge on any atom is 0.229 e. The fourth-order valence-corrected chi connectivity index (χ4v) is 3.34. The van der Waals surface area contributed by atoms with Crippen molar-refractivity contribution < 1.29 is 4.79 Å². The molecular weight excluding hydrogens is 314 g/mol. The number of anilines is 1. The van der Waals surface area contributed by atoms with E-state index >= 15 is 0 Å². The van der Waals surface area contributed by atoms with E-state index in [9.17, 15) is 4.79 Å². The number of aryl methyl sites for hydroxylation is 2. The number of carbonyl (C=O) groups excluding carboxylic acids is 1. The van der Waals surface area contributed by atoms with Crippen LogP contribution in [-0.2, 0) is 18.4 Å². The Morgan fingerprint density at radius 3 is 3.04 bits per heavy atom. The Morgan fingerprint density at radius 1 is 1.48 bits per heavy atom. The molecule has 0 spiro atoms. The number of carbonyl (C=O) groups is 1. The van der Waals surface area contributed by atoms with E-state index in [4.69, 9.17) is 5.26 Å². The van der Waals surface area contributed by atoms with Crippen molar-refractivity contribution in [1.29, 1.82) is 5.26 Å². The molecule has 25 heavy (non-hydrogen) atoms. The number of rotatable bonds is 4. The van der Waals surface area contributed by atoms with Crippen LogP contribution in [0.1, 0.15) is 29.8 Å². The molecule has 1 saturated heterocycles. The van der Waals surface area contributed by atoms with Gasteiger partial charge in [0.05, 0.1) is 5.92 Å². The average molecular weight is 337 g/mol. The Morgan fingerprint density at radius 2 is 2.32 bits per heavy atom. The largest absolute Gasteiger partial charge is 0.342 e. The van der Waals surface area contributed by atoms with Gasteiger partial charge in [0.15, 0.2) is 0 Å². The highest BCUT2D eigenvalue weighted by Crippen LogP contribution is 2.21. The van der Waals surface area contributed by atoms with Gasteiger partial charge in [-0.1, -0.05) is 6.07 Å². The lowest BCUT2D eigenvalue weighted by atomic mass is 9.97. The molecule has 2 aromatic heterocycles. The van der Waals surface area contributed by atoms with Crippen LogP contribution >= 0.6 is 0 Å². The number of hydrogen-bond donors (Lipinski definition) is 1. The van der Waals surface area contributed by atoms with Crippen LogP contribution in [0, 0.1) is 24.2 Å². The zero-order valence-corrected chi connectivity index (χ0v) is 14.7. The molecule has 1 aliphatic heterocycles. The van der Waals surface area contributed by atoms with Gasteiger partial charge < -0.3 is 9.88 Å². The number of hydrogen-bond acceptors (Lipinski definition) is 4. The SMILES string of the molecule is Cc1cccc(NC(=O)C2CCCN(Cc3cc(C#N)n(C)c3)C2)n1. The Hall–Kier alpha value is -2.65. The predicted octanol–water partition coefficient (Wildman–Crippen LogP) is 2.45. The third kappa shape index (κ3) is 4.25. The van der Waals surface area contributed by atoms with E-state index < -0.39 is 0 Å². The summed E-state index contributed by atoms with van der Waals surface area (Å²) in [5.74, 6) is 0.618. The molecule has 1 aliphatic rings. The second kappa shape index (κ2) is 7.49. The third-order valence-corrected chi connectivity index (χ3v) is 4.60. The Balaban J connectivity index is 1.60. The minimum absolute atomic E-state index is 0.0322. The summed E-state index contributed by atoms with van der Waals surface area (Å²) in [5, 5.41) is 12.0. The van der Waals surface area contributed by atoms with Crippen LogP contribution in [-0.4, -0.2) is 33.4 Å². The van der Waals surface area contributed by atoms with Gasteiger partial charge in [-0.15, -0.1) is 0 Å². The summed E-state index contributed by atoms with van der Waals surface area (Å²) in [6, 6.07) is 9.73. The summed E-state index contributed by atoms with van der Waals surface area (Å²) in [6.45, 7) is 4.38. The monoisotopic (exact) mass is 337 g/mol. The second-order valence-electron chi connectivity index (χ2n) is 6.68. The Bertz CT molecular complexity index is 804.